The molecule has 0 aliphatic heterocycles. The maximum atomic E-state index is 12.6. The minimum Gasteiger partial charge on any atom is -0.223 e. The number of aryl methyl sites for hydroxylation is 1. The molecule has 0 amide bonds. The topological polar surface area (TPSA) is 34.1 Å². The molecule has 0 aliphatic rings. The van der Waals surface area contributed by atoms with Crippen LogP contribution in [0.2, 0.25) is 0 Å². The van der Waals surface area contributed by atoms with E-state index in [2.05, 4.69) is 0 Å². The number of hydrogen-bond donors (Lipinski definition) is 0. The van der Waals surface area contributed by atoms with Gasteiger partial charge in [-0.25, -0.2) is 8.42 Å². The number of halogens is 1. The molecule has 0 spiro atoms. The van der Waals surface area contributed by atoms with Gasteiger partial charge in [0.15, 0.2) is 9.84 Å². The Kier molecular flexibility index (Phi) is 7.48. The lowest BCUT2D eigenvalue weighted by molar-refractivity contribution is 0.597. The molecule has 0 unspecified atom stereocenters. The summed E-state index contributed by atoms with van der Waals surface area (Å²) in [7, 11) is -3.34. The van der Waals surface area contributed by atoms with Gasteiger partial charge in [0.2, 0.25) is 0 Å². The highest BCUT2D eigenvalue weighted by Crippen LogP contribution is 2.17. The van der Waals surface area contributed by atoms with E-state index in [-0.39, 0.29) is 5.75 Å². The maximum Gasteiger partial charge on any atom is 0.182 e. The zero-order valence-corrected chi connectivity index (χ0v) is 15.9. The van der Waals surface area contributed by atoms with Crippen LogP contribution in [-0.4, -0.2) is 20.1 Å². The number of hydrogen-bond acceptors (Lipinski definition) is 2. The van der Waals surface area contributed by atoms with Crippen molar-refractivity contribution in [1.29, 1.82) is 0 Å². The van der Waals surface area contributed by atoms with Crippen molar-refractivity contribution in [1.82, 2.24) is 0 Å². The summed E-state index contributed by atoms with van der Waals surface area (Å²) < 4.78 is 25.2. The molecule has 2 aromatic rings. The second-order valence-electron chi connectivity index (χ2n) is 5.92. The Morgan fingerprint density at radius 3 is 2.36 bits per heavy atom. The van der Waals surface area contributed by atoms with E-state index in [0.29, 0.717) is 23.6 Å². The second-order valence-corrected chi connectivity index (χ2v) is 8.29. The minimum absolute atomic E-state index is 0.0158. The van der Waals surface area contributed by atoms with Gasteiger partial charge in [-0.2, -0.15) is 0 Å². The SMILES string of the molecule is Cc1ccc(S(=O)(=O)C/C(=C\C/C=C/c2ccccc2)CCCl)cc1. The quantitative estimate of drug-likeness (QED) is 0.456. The molecular weight excluding hydrogens is 352 g/mol. The molecule has 0 fully saturated rings. The first-order valence-corrected chi connectivity index (χ1v) is 10.4. The van der Waals surface area contributed by atoms with Crippen LogP contribution in [0.3, 0.4) is 0 Å². The fourth-order valence-electron chi connectivity index (χ4n) is 2.43. The average molecular weight is 375 g/mol. The van der Waals surface area contributed by atoms with Gasteiger partial charge in [-0.3, -0.25) is 0 Å². The summed E-state index contributed by atoms with van der Waals surface area (Å²) in [4.78, 5) is 0.360. The van der Waals surface area contributed by atoms with Crippen molar-refractivity contribution in [2.45, 2.75) is 24.7 Å². The van der Waals surface area contributed by atoms with E-state index in [0.717, 1.165) is 16.7 Å². The summed E-state index contributed by atoms with van der Waals surface area (Å²) >= 11 is 5.85. The molecule has 4 heteroatoms. The van der Waals surface area contributed by atoms with E-state index in [1.807, 2.05) is 67.6 Å². The van der Waals surface area contributed by atoms with Crippen LogP contribution in [0.1, 0.15) is 24.0 Å². The summed E-state index contributed by atoms with van der Waals surface area (Å²) in [6.07, 6.45) is 7.29. The zero-order valence-electron chi connectivity index (χ0n) is 14.4. The Bertz CT molecular complexity index is 820. The van der Waals surface area contributed by atoms with Gasteiger partial charge in [0.25, 0.3) is 0 Å². The Hall–Kier alpha value is -1.84. The molecule has 0 heterocycles. The number of rotatable bonds is 8. The summed E-state index contributed by atoms with van der Waals surface area (Å²) in [6, 6.07) is 17.0. The standard InChI is InChI=1S/C21H23ClO2S/c1-18-11-13-21(14-12-18)25(23,24)17-20(15-16-22)10-6-5-9-19-7-3-2-4-8-19/h2-5,7-14H,6,15-17H2,1H3/b9-5+,20-10-. The highest BCUT2D eigenvalue weighted by Gasteiger charge is 2.16. The van der Waals surface area contributed by atoms with Crippen LogP contribution in [0.4, 0.5) is 0 Å². The molecule has 0 saturated heterocycles. The fourth-order valence-corrected chi connectivity index (χ4v) is 4.14. The third-order valence-corrected chi connectivity index (χ3v) is 5.75. The molecule has 2 nitrogen and oxygen atoms in total. The van der Waals surface area contributed by atoms with Crippen molar-refractivity contribution in [2.24, 2.45) is 0 Å². The summed E-state index contributed by atoms with van der Waals surface area (Å²) in [5.41, 5.74) is 3.02. The first-order valence-electron chi connectivity index (χ1n) is 8.26. The molecule has 0 bridgehead atoms. The summed E-state index contributed by atoms with van der Waals surface area (Å²) in [5, 5.41) is 0. The maximum absolute atomic E-state index is 12.6. The molecule has 0 N–H and O–H groups in total. The van der Waals surface area contributed by atoms with Crippen molar-refractivity contribution in [2.75, 3.05) is 11.6 Å². The molecule has 0 atom stereocenters. The summed E-state index contributed by atoms with van der Waals surface area (Å²) in [5.74, 6) is 0.430. The molecule has 2 aromatic carbocycles. The van der Waals surface area contributed by atoms with E-state index >= 15 is 0 Å². The van der Waals surface area contributed by atoms with Gasteiger partial charge in [0, 0.05) is 5.88 Å². The van der Waals surface area contributed by atoms with Gasteiger partial charge < -0.3 is 0 Å². The number of sulfone groups is 1. The Labute approximate surface area is 155 Å². The van der Waals surface area contributed by atoms with Gasteiger partial charge in [-0.05, 0) is 37.5 Å². The van der Waals surface area contributed by atoms with Gasteiger partial charge >= 0.3 is 0 Å². The van der Waals surface area contributed by atoms with Gasteiger partial charge in [0.1, 0.15) is 0 Å². The Balaban J connectivity index is 2.06. The largest absolute Gasteiger partial charge is 0.223 e. The van der Waals surface area contributed by atoms with E-state index in [1.54, 1.807) is 12.1 Å². The van der Waals surface area contributed by atoms with E-state index < -0.39 is 9.84 Å². The number of allylic oxidation sites excluding steroid dienone is 2. The van der Waals surface area contributed by atoms with Crippen molar-refractivity contribution < 1.29 is 8.42 Å². The lowest BCUT2D eigenvalue weighted by Gasteiger charge is -2.08. The minimum atomic E-state index is -3.34. The third kappa shape index (κ3) is 6.52. The highest BCUT2D eigenvalue weighted by molar-refractivity contribution is 7.91. The van der Waals surface area contributed by atoms with Crippen LogP contribution in [0.15, 0.2) is 77.2 Å². The fraction of sp³-hybridized carbons (Fsp3) is 0.238. The lowest BCUT2D eigenvalue weighted by atomic mass is 10.1. The molecule has 0 saturated carbocycles. The Morgan fingerprint density at radius 2 is 1.72 bits per heavy atom. The van der Waals surface area contributed by atoms with Crippen molar-refractivity contribution in [3.05, 3.63) is 83.4 Å². The molecular formula is C21H23ClO2S. The third-order valence-electron chi connectivity index (χ3n) is 3.82. The van der Waals surface area contributed by atoms with Crippen molar-refractivity contribution >= 4 is 27.5 Å². The van der Waals surface area contributed by atoms with Crippen LogP contribution in [0, 0.1) is 6.92 Å². The van der Waals surface area contributed by atoms with Crippen molar-refractivity contribution in [3.8, 4) is 0 Å². The normalized spacial score (nSPS) is 12.6. The highest BCUT2D eigenvalue weighted by atomic mass is 35.5. The van der Waals surface area contributed by atoms with Crippen LogP contribution in [-0.2, 0) is 9.84 Å². The van der Waals surface area contributed by atoms with Gasteiger partial charge in [-0.1, -0.05) is 71.8 Å². The second kappa shape index (κ2) is 9.59. The van der Waals surface area contributed by atoms with Crippen LogP contribution >= 0.6 is 11.6 Å². The van der Waals surface area contributed by atoms with Crippen molar-refractivity contribution in [3.63, 3.8) is 0 Å². The predicted molar refractivity (Wildman–Crippen MR) is 107 cm³/mol. The van der Waals surface area contributed by atoms with Gasteiger partial charge in [0.05, 0.1) is 10.6 Å². The smallest absolute Gasteiger partial charge is 0.182 e. The van der Waals surface area contributed by atoms with E-state index in [9.17, 15) is 8.42 Å². The van der Waals surface area contributed by atoms with Crippen LogP contribution in [0.25, 0.3) is 6.08 Å². The first-order chi connectivity index (χ1) is 12.0. The molecule has 25 heavy (non-hydrogen) atoms. The molecule has 0 aromatic heterocycles. The molecule has 0 radical (unpaired) electrons. The monoisotopic (exact) mass is 374 g/mol. The molecule has 0 aliphatic carbocycles. The first kappa shape index (κ1) is 19.5. The van der Waals surface area contributed by atoms with E-state index in [4.69, 9.17) is 11.6 Å². The average Bonchev–Trinajstić information content (AvgIpc) is 2.60. The molecule has 2 rings (SSSR count). The number of benzene rings is 2. The van der Waals surface area contributed by atoms with E-state index in [1.165, 1.54) is 0 Å². The van der Waals surface area contributed by atoms with Gasteiger partial charge in [-0.15, -0.1) is 11.6 Å². The Morgan fingerprint density at radius 1 is 1.04 bits per heavy atom. The zero-order chi connectivity index (χ0) is 18.1. The van der Waals surface area contributed by atoms with Crippen LogP contribution < -0.4 is 0 Å². The van der Waals surface area contributed by atoms with Crippen LogP contribution in [0.5, 0.6) is 0 Å². The lowest BCUT2D eigenvalue weighted by Crippen LogP contribution is -2.09. The summed E-state index contributed by atoms with van der Waals surface area (Å²) in [6.45, 7) is 1.94. The predicted octanol–water partition coefficient (Wildman–Crippen LogP) is 5.43. The number of alkyl halides is 1. The molecule has 132 valence electrons.